The summed E-state index contributed by atoms with van der Waals surface area (Å²) in [6.07, 6.45) is -0.0174. The van der Waals surface area contributed by atoms with E-state index in [0.717, 1.165) is 10.7 Å². The summed E-state index contributed by atoms with van der Waals surface area (Å²) in [5, 5.41) is 7.29. The molecule has 2 heterocycles. The number of hydrogen-bond donors (Lipinski definition) is 0. The third-order valence-electron chi connectivity index (χ3n) is 3.41. The number of rotatable bonds is 7. The van der Waals surface area contributed by atoms with Gasteiger partial charge in [0.15, 0.2) is 5.82 Å². The average molecular weight is 380 g/mol. The van der Waals surface area contributed by atoms with Crippen LogP contribution in [0.1, 0.15) is 36.5 Å². The summed E-state index contributed by atoms with van der Waals surface area (Å²) in [5.74, 6) is 1.54. The molecule has 3 aromatic rings. The maximum absolute atomic E-state index is 6.09. The smallest absolute Gasteiger partial charge is 0.261 e. The van der Waals surface area contributed by atoms with Crippen molar-refractivity contribution in [2.45, 2.75) is 33.5 Å². The molecule has 0 N–H and O–H groups in total. The van der Waals surface area contributed by atoms with Crippen LogP contribution in [0.15, 0.2) is 28.1 Å². The number of hydrogen-bond acceptors (Lipinski definition) is 7. The molecular formula is C17H18ClN3O3S. The minimum Gasteiger partial charge on any atom is -0.486 e. The Morgan fingerprint density at radius 2 is 2.16 bits per heavy atom. The van der Waals surface area contributed by atoms with Crippen LogP contribution in [0.2, 0.25) is 5.02 Å². The highest BCUT2D eigenvalue weighted by molar-refractivity contribution is 7.09. The molecule has 132 valence electrons. The van der Waals surface area contributed by atoms with E-state index in [9.17, 15) is 0 Å². The predicted octanol–water partition coefficient (Wildman–Crippen LogP) is 4.83. The fourth-order valence-corrected chi connectivity index (χ4v) is 3.23. The van der Waals surface area contributed by atoms with Gasteiger partial charge in [0.05, 0.1) is 11.3 Å². The molecule has 0 saturated heterocycles. The number of halogens is 1. The highest BCUT2D eigenvalue weighted by Gasteiger charge is 2.15. The molecule has 2 aromatic heterocycles. The maximum atomic E-state index is 6.09. The van der Waals surface area contributed by atoms with Gasteiger partial charge in [0.1, 0.15) is 23.5 Å². The van der Waals surface area contributed by atoms with Crippen LogP contribution in [-0.2, 0) is 11.3 Å². The lowest BCUT2D eigenvalue weighted by Crippen LogP contribution is -2.01. The van der Waals surface area contributed by atoms with E-state index < -0.39 is 0 Å². The van der Waals surface area contributed by atoms with Gasteiger partial charge in [-0.3, -0.25) is 0 Å². The van der Waals surface area contributed by atoms with E-state index in [1.54, 1.807) is 36.5 Å². The van der Waals surface area contributed by atoms with Gasteiger partial charge in [-0.25, -0.2) is 4.98 Å². The first kappa shape index (κ1) is 17.8. The SMILES string of the molecule is CCO[C@H](C)c1nc(COc2ccc(Cl)cc2-c2nc(C)no2)cs1. The standard InChI is InChI=1S/C17H18ClN3O3S/c1-4-22-10(2)17-20-13(9-25-17)8-23-15-6-5-12(18)7-14(15)16-19-11(3)21-24-16/h5-7,9-10H,4,8H2,1-3H3/t10-/m1/s1. The van der Waals surface area contributed by atoms with Gasteiger partial charge in [0.25, 0.3) is 5.89 Å². The second-order valence-corrected chi connectivity index (χ2v) is 6.68. The van der Waals surface area contributed by atoms with Crippen molar-refractivity contribution in [1.29, 1.82) is 0 Å². The fourth-order valence-electron chi connectivity index (χ4n) is 2.25. The van der Waals surface area contributed by atoms with Crippen molar-refractivity contribution in [3.8, 4) is 17.2 Å². The summed E-state index contributed by atoms with van der Waals surface area (Å²) in [7, 11) is 0. The van der Waals surface area contributed by atoms with E-state index in [-0.39, 0.29) is 6.10 Å². The molecule has 0 aliphatic heterocycles. The van der Waals surface area contributed by atoms with E-state index >= 15 is 0 Å². The van der Waals surface area contributed by atoms with E-state index in [2.05, 4.69) is 15.1 Å². The molecule has 0 saturated carbocycles. The molecule has 0 amide bonds. The Labute approximate surface area is 154 Å². The second-order valence-electron chi connectivity index (χ2n) is 5.35. The van der Waals surface area contributed by atoms with Crippen LogP contribution in [0.3, 0.4) is 0 Å². The summed E-state index contributed by atoms with van der Waals surface area (Å²) in [6.45, 7) is 6.70. The predicted molar refractivity (Wildman–Crippen MR) is 96.0 cm³/mol. The first-order valence-electron chi connectivity index (χ1n) is 7.85. The highest BCUT2D eigenvalue weighted by atomic mass is 35.5. The normalized spacial score (nSPS) is 12.3. The van der Waals surface area contributed by atoms with Gasteiger partial charge in [-0.2, -0.15) is 4.98 Å². The molecule has 1 aromatic carbocycles. The van der Waals surface area contributed by atoms with Gasteiger partial charge in [-0.1, -0.05) is 16.8 Å². The van der Waals surface area contributed by atoms with Crippen LogP contribution in [0, 0.1) is 6.92 Å². The van der Waals surface area contributed by atoms with Crippen molar-refractivity contribution < 1.29 is 14.0 Å². The lowest BCUT2D eigenvalue weighted by molar-refractivity contribution is 0.0760. The van der Waals surface area contributed by atoms with Crippen molar-refractivity contribution in [1.82, 2.24) is 15.1 Å². The molecule has 0 bridgehead atoms. The largest absolute Gasteiger partial charge is 0.486 e. The van der Waals surface area contributed by atoms with Crippen LogP contribution >= 0.6 is 22.9 Å². The Bertz CT molecular complexity index is 849. The molecule has 8 heteroatoms. The van der Waals surface area contributed by atoms with Gasteiger partial charge < -0.3 is 14.0 Å². The molecular weight excluding hydrogens is 362 g/mol. The molecule has 3 rings (SSSR count). The maximum Gasteiger partial charge on any atom is 0.261 e. The first-order valence-corrected chi connectivity index (χ1v) is 9.11. The van der Waals surface area contributed by atoms with Crippen molar-refractivity contribution in [2.24, 2.45) is 0 Å². The molecule has 25 heavy (non-hydrogen) atoms. The Hall–Kier alpha value is -1.96. The number of aryl methyl sites for hydroxylation is 1. The van der Waals surface area contributed by atoms with Gasteiger partial charge in [0, 0.05) is 17.0 Å². The average Bonchev–Trinajstić information content (AvgIpc) is 3.23. The van der Waals surface area contributed by atoms with Crippen molar-refractivity contribution in [3.05, 3.63) is 45.1 Å². The molecule has 0 aliphatic carbocycles. The van der Waals surface area contributed by atoms with Crippen molar-refractivity contribution in [3.63, 3.8) is 0 Å². The van der Waals surface area contributed by atoms with Crippen LogP contribution in [0.5, 0.6) is 5.75 Å². The molecule has 0 fully saturated rings. The second kappa shape index (κ2) is 7.95. The van der Waals surface area contributed by atoms with Crippen LogP contribution in [0.25, 0.3) is 11.5 Å². The first-order chi connectivity index (χ1) is 12.1. The Balaban J connectivity index is 1.75. The quantitative estimate of drug-likeness (QED) is 0.585. The van der Waals surface area contributed by atoms with Crippen LogP contribution in [0.4, 0.5) is 0 Å². The molecule has 1 atom stereocenters. The number of aromatic nitrogens is 3. The lowest BCUT2D eigenvalue weighted by Gasteiger charge is -2.09. The Morgan fingerprint density at radius 3 is 2.88 bits per heavy atom. The topological polar surface area (TPSA) is 70.3 Å². The lowest BCUT2D eigenvalue weighted by atomic mass is 10.2. The zero-order valence-electron chi connectivity index (χ0n) is 14.2. The summed E-state index contributed by atoms with van der Waals surface area (Å²) >= 11 is 7.65. The summed E-state index contributed by atoms with van der Waals surface area (Å²) in [4.78, 5) is 8.80. The third kappa shape index (κ3) is 4.36. The van der Waals surface area contributed by atoms with E-state index in [4.69, 9.17) is 25.6 Å². The van der Waals surface area contributed by atoms with E-state index in [1.165, 1.54) is 0 Å². The van der Waals surface area contributed by atoms with Crippen LogP contribution < -0.4 is 4.74 Å². The summed E-state index contributed by atoms with van der Waals surface area (Å²) < 4.78 is 16.7. The highest BCUT2D eigenvalue weighted by Crippen LogP contribution is 2.32. The zero-order chi connectivity index (χ0) is 17.8. The number of ether oxygens (including phenoxy) is 2. The minimum absolute atomic E-state index is 0.0174. The van der Waals surface area contributed by atoms with Gasteiger partial charge in [-0.05, 0) is 39.0 Å². The summed E-state index contributed by atoms with van der Waals surface area (Å²) in [6, 6.07) is 5.29. The number of thiazole rings is 1. The summed E-state index contributed by atoms with van der Waals surface area (Å²) in [5.41, 5.74) is 1.50. The van der Waals surface area contributed by atoms with Gasteiger partial charge >= 0.3 is 0 Å². The molecule has 0 spiro atoms. The van der Waals surface area contributed by atoms with E-state index in [1.807, 2.05) is 19.2 Å². The molecule has 6 nitrogen and oxygen atoms in total. The molecule has 0 unspecified atom stereocenters. The van der Waals surface area contributed by atoms with E-state index in [0.29, 0.717) is 41.3 Å². The van der Waals surface area contributed by atoms with Crippen LogP contribution in [-0.4, -0.2) is 21.7 Å². The Kier molecular flexibility index (Phi) is 5.67. The van der Waals surface area contributed by atoms with Crippen molar-refractivity contribution >= 4 is 22.9 Å². The minimum atomic E-state index is -0.0174. The van der Waals surface area contributed by atoms with Gasteiger partial charge in [-0.15, -0.1) is 11.3 Å². The fraction of sp³-hybridized carbons (Fsp3) is 0.353. The zero-order valence-corrected chi connectivity index (χ0v) is 15.7. The van der Waals surface area contributed by atoms with Crippen molar-refractivity contribution in [2.75, 3.05) is 6.61 Å². The third-order valence-corrected chi connectivity index (χ3v) is 4.70. The number of benzene rings is 1. The monoisotopic (exact) mass is 379 g/mol. The molecule has 0 radical (unpaired) electrons. The number of nitrogens with zero attached hydrogens (tertiary/aromatic N) is 3. The Morgan fingerprint density at radius 1 is 1.32 bits per heavy atom. The molecule has 0 aliphatic rings. The van der Waals surface area contributed by atoms with Gasteiger partial charge in [0.2, 0.25) is 0 Å².